The zero-order valence-corrected chi connectivity index (χ0v) is 7.98. The van der Waals surface area contributed by atoms with Crippen LogP contribution in [0, 0.1) is 5.92 Å². The molecule has 90 valence electrons. The van der Waals surface area contributed by atoms with Gasteiger partial charge < -0.3 is 20.1 Å². The van der Waals surface area contributed by atoms with Crippen molar-refractivity contribution in [2.24, 2.45) is 5.92 Å². The molecule has 0 saturated carbocycles. The summed E-state index contributed by atoms with van der Waals surface area (Å²) in [7, 11) is 0. The van der Waals surface area contributed by atoms with Gasteiger partial charge >= 0.3 is 6.18 Å². The van der Waals surface area contributed by atoms with E-state index in [1.807, 2.05) is 0 Å². The van der Waals surface area contributed by atoms with Crippen LogP contribution in [0.15, 0.2) is 0 Å². The van der Waals surface area contributed by atoms with Crippen molar-refractivity contribution < 1.29 is 33.2 Å². The molecule has 1 heterocycles. The summed E-state index contributed by atoms with van der Waals surface area (Å²) in [4.78, 5) is 0. The predicted molar refractivity (Wildman–Crippen MR) is 43.0 cm³/mol. The van der Waals surface area contributed by atoms with Crippen LogP contribution in [-0.2, 0) is 4.74 Å². The van der Waals surface area contributed by atoms with Gasteiger partial charge in [-0.1, -0.05) is 0 Å². The van der Waals surface area contributed by atoms with Crippen molar-refractivity contribution in [3.63, 3.8) is 0 Å². The van der Waals surface area contributed by atoms with Crippen molar-refractivity contribution in [3.05, 3.63) is 0 Å². The van der Waals surface area contributed by atoms with E-state index in [0.717, 1.165) is 6.92 Å². The number of hydrogen-bond donors (Lipinski definition) is 3. The molecule has 1 rings (SSSR count). The van der Waals surface area contributed by atoms with Gasteiger partial charge in [-0.25, -0.2) is 0 Å². The first-order valence-corrected chi connectivity index (χ1v) is 4.48. The maximum atomic E-state index is 12.4. The number of hydrogen-bond acceptors (Lipinski definition) is 4. The third kappa shape index (κ3) is 2.41. The lowest BCUT2D eigenvalue weighted by atomic mass is 9.87. The Morgan fingerprint density at radius 2 is 1.73 bits per heavy atom. The molecule has 0 spiro atoms. The van der Waals surface area contributed by atoms with Crippen LogP contribution in [-0.4, -0.2) is 52.5 Å². The van der Waals surface area contributed by atoms with Crippen molar-refractivity contribution >= 4 is 0 Å². The van der Waals surface area contributed by atoms with Gasteiger partial charge in [-0.2, -0.15) is 13.2 Å². The number of rotatable bonds is 1. The smallest absolute Gasteiger partial charge is 0.394 e. The molecule has 7 heteroatoms. The van der Waals surface area contributed by atoms with Crippen molar-refractivity contribution in [1.29, 1.82) is 0 Å². The van der Waals surface area contributed by atoms with Crippen LogP contribution in [0.4, 0.5) is 13.2 Å². The molecule has 4 nitrogen and oxygen atoms in total. The molecule has 5 unspecified atom stereocenters. The summed E-state index contributed by atoms with van der Waals surface area (Å²) in [5.41, 5.74) is 0. The minimum absolute atomic E-state index is 0.632. The molecule has 5 atom stereocenters. The van der Waals surface area contributed by atoms with Crippen molar-refractivity contribution in [1.82, 2.24) is 0 Å². The molecule has 1 fully saturated rings. The molecule has 0 aromatic rings. The summed E-state index contributed by atoms with van der Waals surface area (Å²) >= 11 is 0. The SMILES string of the molecule is CC1OC(CO)C(O)C(O)C1C(F)(F)F. The molecule has 0 bridgehead atoms. The first kappa shape index (κ1) is 12.7. The number of ether oxygens (including phenoxy) is 1. The summed E-state index contributed by atoms with van der Waals surface area (Å²) < 4.78 is 42.1. The van der Waals surface area contributed by atoms with Gasteiger partial charge in [0.1, 0.15) is 18.1 Å². The molecule has 3 N–H and O–H groups in total. The van der Waals surface area contributed by atoms with Crippen LogP contribution in [0.2, 0.25) is 0 Å². The highest BCUT2D eigenvalue weighted by Crippen LogP contribution is 2.38. The summed E-state index contributed by atoms with van der Waals surface area (Å²) in [6.07, 6.45) is -10.8. The van der Waals surface area contributed by atoms with Gasteiger partial charge in [-0.15, -0.1) is 0 Å². The first-order chi connectivity index (χ1) is 6.79. The minimum atomic E-state index is -4.64. The minimum Gasteiger partial charge on any atom is -0.394 e. The fraction of sp³-hybridized carbons (Fsp3) is 1.00. The zero-order chi connectivity index (χ0) is 11.8. The van der Waals surface area contributed by atoms with Gasteiger partial charge in [0.05, 0.1) is 18.8 Å². The van der Waals surface area contributed by atoms with E-state index in [0.29, 0.717) is 0 Å². The summed E-state index contributed by atoms with van der Waals surface area (Å²) in [6, 6.07) is 0. The Kier molecular flexibility index (Phi) is 3.59. The number of aliphatic hydroxyl groups is 3. The van der Waals surface area contributed by atoms with E-state index in [1.54, 1.807) is 0 Å². The van der Waals surface area contributed by atoms with E-state index < -0.39 is 43.1 Å². The van der Waals surface area contributed by atoms with Crippen molar-refractivity contribution in [3.8, 4) is 0 Å². The molecule has 0 aromatic heterocycles. The van der Waals surface area contributed by atoms with Crippen LogP contribution in [0.5, 0.6) is 0 Å². The van der Waals surface area contributed by atoms with Crippen LogP contribution < -0.4 is 0 Å². The van der Waals surface area contributed by atoms with E-state index in [2.05, 4.69) is 0 Å². The van der Waals surface area contributed by atoms with Gasteiger partial charge in [-0.05, 0) is 6.92 Å². The normalized spacial score (nSPS) is 43.0. The summed E-state index contributed by atoms with van der Waals surface area (Å²) in [6.45, 7) is 0.517. The highest BCUT2D eigenvalue weighted by molar-refractivity contribution is 4.93. The second-order valence-corrected chi connectivity index (χ2v) is 3.61. The molecule has 15 heavy (non-hydrogen) atoms. The fourth-order valence-electron chi connectivity index (χ4n) is 1.76. The maximum absolute atomic E-state index is 12.4. The van der Waals surface area contributed by atoms with E-state index in [4.69, 9.17) is 9.84 Å². The molecule has 1 aliphatic heterocycles. The standard InChI is InChI=1S/C8H13F3O4/c1-3-5(8(9,10)11)7(14)6(13)4(2-12)15-3/h3-7,12-14H,2H2,1H3. The van der Waals surface area contributed by atoms with E-state index in [1.165, 1.54) is 0 Å². The Morgan fingerprint density at radius 1 is 1.20 bits per heavy atom. The van der Waals surface area contributed by atoms with E-state index in [-0.39, 0.29) is 0 Å². The molecule has 0 aliphatic carbocycles. The number of aliphatic hydroxyl groups excluding tert-OH is 3. The van der Waals surface area contributed by atoms with Crippen LogP contribution >= 0.6 is 0 Å². The van der Waals surface area contributed by atoms with Gasteiger partial charge in [0.15, 0.2) is 0 Å². The van der Waals surface area contributed by atoms with Gasteiger partial charge in [0.2, 0.25) is 0 Å². The Morgan fingerprint density at radius 3 is 2.13 bits per heavy atom. The second-order valence-electron chi connectivity index (χ2n) is 3.61. The topological polar surface area (TPSA) is 69.9 Å². The van der Waals surface area contributed by atoms with E-state index >= 15 is 0 Å². The van der Waals surface area contributed by atoms with Gasteiger partial charge in [0.25, 0.3) is 0 Å². The first-order valence-electron chi connectivity index (χ1n) is 4.48. The third-order valence-electron chi connectivity index (χ3n) is 2.55. The largest absolute Gasteiger partial charge is 0.396 e. The third-order valence-corrected chi connectivity index (χ3v) is 2.55. The van der Waals surface area contributed by atoms with Crippen LogP contribution in [0.25, 0.3) is 0 Å². The highest BCUT2D eigenvalue weighted by Gasteiger charge is 2.54. The summed E-state index contributed by atoms with van der Waals surface area (Å²) in [5.74, 6) is -2.13. The molecule has 0 radical (unpaired) electrons. The molecular formula is C8H13F3O4. The van der Waals surface area contributed by atoms with Crippen LogP contribution in [0.3, 0.4) is 0 Å². The van der Waals surface area contributed by atoms with Crippen molar-refractivity contribution in [2.75, 3.05) is 6.61 Å². The molecular weight excluding hydrogens is 217 g/mol. The Labute approximate surface area is 84.3 Å². The van der Waals surface area contributed by atoms with Crippen molar-refractivity contribution in [2.45, 2.75) is 37.5 Å². The Bertz CT molecular complexity index is 220. The molecule has 1 saturated heterocycles. The molecule has 0 amide bonds. The lowest BCUT2D eigenvalue weighted by molar-refractivity contribution is -0.288. The Hall–Kier alpha value is -0.370. The van der Waals surface area contributed by atoms with Crippen LogP contribution in [0.1, 0.15) is 6.92 Å². The second kappa shape index (κ2) is 4.25. The Balaban J connectivity index is 2.84. The quantitative estimate of drug-likeness (QED) is 0.576. The van der Waals surface area contributed by atoms with Gasteiger partial charge in [0, 0.05) is 0 Å². The average molecular weight is 230 g/mol. The lowest BCUT2D eigenvalue weighted by Crippen LogP contribution is -2.58. The average Bonchev–Trinajstić information content (AvgIpc) is 2.09. The molecule has 1 aliphatic rings. The predicted octanol–water partition coefficient (Wildman–Crippen LogP) is -0.334. The maximum Gasteiger partial charge on any atom is 0.396 e. The molecule has 0 aromatic carbocycles. The fourth-order valence-corrected chi connectivity index (χ4v) is 1.76. The number of halogens is 3. The number of alkyl halides is 3. The highest BCUT2D eigenvalue weighted by atomic mass is 19.4. The zero-order valence-electron chi connectivity index (χ0n) is 7.98. The van der Waals surface area contributed by atoms with Gasteiger partial charge in [-0.3, -0.25) is 0 Å². The lowest BCUT2D eigenvalue weighted by Gasteiger charge is -2.41. The monoisotopic (exact) mass is 230 g/mol. The van der Waals surface area contributed by atoms with E-state index in [9.17, 15) is 23.4 Å². The summed E-state index contributed by atoms with van der Waals surface area (Å²) in [5, 5.41) is 27.2.